The maximum atomic E-state index is 12.7. The van der Waals surface area contributed by atoms with E-state index in [1.165, 1.54) is 22.5 Å². The van der Waals surface area contributed by atoms with Gasteiger partial charge in [0.25, 0.3) is 10.0 Å². The molecule has 5 nitrogen and oxygen atoms in total. The molecular weight excluding hydrogens is 358 g/mol. The Labute approximate surface area is 152 Å². The predicted molar refractivity (Wildman–Crippen MR) is 96.6 cm³/mol. The highest BCUT2D eigenvalue weighted by Gasteiger charge is 2.43. The summed E-state index contributed by atoms with van der Waals surface area (Å²) >= 11 is 1.27. The summed E-state index contributed by atoms with van der Waals surface area (Å²) in [5, 5.41) is 1.80. The number of fused-ring (bicyclic) bond motifs is 2. The van der Waals surface area contributed by atoms with Crippen LogP contribution in [0.3, 0.4) is 0 Å². The second-order valence-electron chi connectivity index (χ2n) is 6.45. The number of benzene rings is 1. The Bertz CT molecular complexity index is 853. The number of thiophene rings is 1. The van der Waals surface area contributed by atoms with Crippen LogP contribution in [0.15, 0.2) is 39.9 Å². The smallest absolute Gasteiger partial charge is 0.252 e. The van der Waals surface area contributed by atoms with Crippen molar-refractivity contribution >= 4 is 21.4 Å². The minimum Gasteiger partial charge on any atom is -0.497 e. The minimum absolute atomic E-state index is 0.374. The summed E-state index contributed by atoms with van der Waals surface area (Å²) in [5.74, 6) is 0.855. The van der Waals surface area contributed by atoms with E-state index in [4.69, 9.17) is 9.47 Å². The molecule has 1 spiro atoms. The van der Waals surface area contributed by atoms with Gasteiger partial charge in [-0.1, -0.05) is 12.1 Å². The molecule has 0 saturated carbocycles. The van der Waals surface area contributed by atoms with Crippen molar-refractivity contribution in [1.29, 1.82) is 0 Å². The average Bonchev–Trinajstić information content (AvgIpc) is 3.18. The van der Waals surface area contributed by atoms with Gasteiger partial charge >= 0.3 is 0 Å². The number of rotatable bonds is 3. The van der Waals surface area contributed by atoms with Crippen LogP contribution in [0.1, 0.15) is 24.0 Å². The van der Waals surface area contributed by atoms with E-state index in [0.29, 0.717) is 36.7 Å². The maximum Gasteiger partial charge on any atom is 0.252 e. The Morgan fingerprint density at radius 3 is 2.72 bits per heavy atom. The lowest BCUT2D eigenvalue weighted by molar-refractivity contribution is -0.0892. The second kappa shape index (κ2) is 6.39. The Hall–Kier alpha value is -1.41. The van der Waals surface area contributed by atoms with Gasteiger partial charge in [-0.3, -0.25) is 0 Å². The fraction of sp³-hybridized carbons (Fsp3) is 0.444. The summed E-state index contributed by atoms with van der Waals surface area (Å²) in [5.41, 5.74) is 2.06. The molecule has 1 fully saturated rings. The van der Waals surface area contributed by atoms with Gasteiger partial charge in [0.2, 0.25) is 0 Å². The first-order chi connectivity index (χ1) is 12.0. The van der Waals surface area contributed by atoms with Crippen molar-refractivity contribution in [3.8, 4) is 5.75 Å². The second-order valence-corrected chi connectivity index (χ2v) is 9.56. The topological polar surface area (TPSA) is 55.8 Å². The molecule has 1 aromatic heterocycles. The van der Waals surface area contributed by atoms with Crippen molar-refractivity contribution in [2.45, 2.75) is 29.1 Å². The molecule has 134 valence electrons. The van der Waals surface area contributed by atoms with Gasteiger partial charge in [0.15, 0.2) is 0 Å². The zero-order valence-corrected chi connectivity index (χ0v) is 15.7. The number of piperidine rings is 1. The molecule has 2 aliphatic heterocycles. The molecule has 0 unspecified atom stereocenters. The van der Waals surface area contributed by atoms with Crippen molar-refractivity contribution < 1.29 is 17.9 Å². The molecule has 0 N–H and O–H groups in total. The third-order valence-corrected chi connectivity index (χ3v) is 8.44. The monoisotopic (exact) mass is 379 g/mol. The van der Waals surface area contributed by atoms with E-state index in [2.05, 4.69) is 12.1 Å². The SMILES string of the molecule is COc1ccc2c(c1)CCOC21CCN(S(=O)(=O)c2cccs2)CC1. The molecule has 1 aromatic carbocycles. The molecule has 0 aliphatic carbocycles. The van der Waals surface area contributed by atoms with Crippen LogP contribution in [0, 0.1) is 0 Å². The van der Waals surface area contributed by atoms with E-state index in [-0.39, 0.29) is 5.60 Å². The van der Waals surface area contributed by atoms with E-state index >= 15 is 0 Å². The van der Waals surface area contributed by atoms with E-state index in [9.17, 15) is 8.42 Å². The third kappa shape index (κ3) is 2.89. The Morgan fingerprint density at radius 2 is 2.04 bits per heavy atom. The molecule has 7 heteroatoms. The Kier molecular flexibility index (Phi) is 4.35. The van der Waals surface area contributed by atoms with Crippen molar-refractivity contribution in [1.82, 2.24) is 4.31 Å². The highest BCUT2D eigenvalue weighted by Crippen LogP contribution is 2.43. The first-order valence-corrected chi connectivity index (χ1v) is 10.7. The maximum absolute atomic E-state index is 12.7. The zero-order chi connectivity index (χ0) is 17.5. The van der Waals surface area contributed by atoms with Crippen LogP contribution in [0.5, 0.6) is 5.75 Å². The highest BCUT2D eigenvalue weighted by atomic mass is 32.2. The molecule has 4 rings (SSSR count). The number of ether oxygens (including phenoxy) is 2. The normalized spacial score (nSPS) is 20.4. The van der Waals surface area contributed by atoms with Gasteiger partial charge < -0.3 is 9.47 Å². The van der Waals surface area contributed by atoms with Crippen LogP contribution in [-0.2, 0) is 26.8 Å². The van der Waals surface area contributed by atoms with Crippen LogP contribution >= 0.6 is 11.3 Å². The molecule has 2 aromatic rings. The number of hydrogen-bond acceptors (Lipinski definition) is 5. The third-order valence-electron chi connectivity index (χ3n) is 5.17. The van der Waals surface area contributed by atoms with E-state index in [1.54, 1.807) is 28.9 Å². The van der Waals surface area contributed by atoms with Gasteiger partial charge in [-0.05, 0) is 54.0 Å². The van der Waals surface area contributed by atoms with Gasteiger partial charge in [0.1, 0.15) is 9.96 Å². The first-order valence-electron chi connectivity index (χ1n) is 8.40. The number of methoxy groups -OCH3 is 1. The quantitative estimate of drug-likeness (QED) is 0.823. The minimum atomic E-state index is -3.39. The first kappa shape index (κ1) is 17.0. The molecule has 3 heterocycles. The molecule has 0 atom stereocenters. The summed E-state index contributed by atoms with van der Waals surface area (Å²) in [6, 6.07) is 9.56. The van der Waals surface area contributed by atoms with Gasteiger partial charge in [-0.25, -0.2) is 8.42 Å². The van der Waals surface area contributed by atoms with E-state index in [0.717, 1.165) is 12.2 Å². The predicted octanol–water partition coefficient (Wildman–Crippen LogP) is 3.01. The molecule has 0 radical (unpaired) electrons. The van der Waals surface area contributed by atoms with Crippen molar-refractivity contribution in [3.05, 3.63) is 46.8 Å². The molecular formula is C18H21NO4S2. The van der Waals surface area contributed by atoms with Crippen LogP contribution in [0.25, 0.3) is 0 Å². The molecule has 0 bridgehead atoms. The average molecular weight is 380 g/mol. The van der Waals surface area contributed by atoms with Crippen LogP contribution < -0.4 is 4.74 Å². The molecule has 1 saturated heterocycles. The van der Waals surface area contributed by atoms with Crippen molar-refractivity contribution in [2.24, 2.45) is 0 Å². The highest BCUT2D eigenvalue weighted by molar-refractivity contribution is 7.91. The van der Waals surface area contributed by atoms with Crippen LogP contribution in [0.2, 0.25) is 0 Å². The fourth-order valence-electron chi connectivity index (χ4n) is 3.82. The number of nitrogens with zero attached hydrogens (tertiary/aromatic N) is 1. The number of sulfonamides is 1. The lowest BCUT2D eigenvalue weighted by Gasteiger charge is -2.44. The molecule has 25 heavy (non-hydrogen) atoms. The summed E-state index contributed by atoms with van der Waals surface area (Å²) in [7, 11) is -1.71. The summed E-state index contributed by atoms with van der Waals surface area (Å²) < 4.78 is 39.0. The van der Waals surface area contributed by atoms with Crippen molar-refractivity contribution in [2.75, 3.05) is 26.8 Å². The van der Waals surface area contributed by atoms with E-state index in [1.807, 2.05) is 6.07 Å². The van der Waals surface area contributed by atoms with Crippen molar-refractivity contribution in [3.63, 3.8) is 0 Å². The molecule has 0 amide bonds. The summed E-state index contributed by atoms with van der Waals surface area (Å²) in [6.45, 7) is 1.62. The van der Waals surface area contributed by atoms with Crippen LogP contribution in [-0.4, -0.2) is 39.5 Å². The van der Waals surface area contributed by atoms with Crippen LogP contribution in [0.4, 0.5) is 0 Å². The molecule has 2 aliphatic rings. The van der Waals surface area contributed by atoms with E-state index < -0.39 is 10.0 Å². The van der Waals surface area contributed by atoms with Gasteiger partial charge in [-0.2, -0.15) is 4.31 Å². The Balaban J connectivity index is 1.58. The van der Waals surface area contributed by atoms with Gasteiger partial charge in [0.05, 0.1) is 19.3 Å². The Morgan fingerprint density at radius 1 is 1.24 bits per heavy atom. The van der Waals surface area contributed by atoms with Gasteiger partial charge in [0, 0.05) is 13.1 Å². The number of hydrogen-bond donors (Lipinski definition) is 0. The lowest BCUT2D eigenvalue weighted by Crippen LogP contribution is -2.48. The largest absolute Gasteiger partial charge is 0.497 e. The standard InChI is InChI=1S/C18H21NO4S2/c1-22-15-4-5-16-14(13-15)6-11-23-18(16)7-9-19(10-8-18)25(20,21)17-3-2-12-24-17/h2-5,12-13H,6-11H2,1H3. The summed E-state index contributed by atoms with van der Waals surface area (Å²) in [6.07, 6.45) is 2.22. The fourth-order valence-corrected chi connectivity index (χ4v) is 6.41. The lowest BCUT2D eigenvalue weighted by atomic mass is 9.80. The van der Waals surface area contributed by atoms with Gasteiger partial charge in [-0.15, -0.1) is 11.3 Å². The summed E-state index contributed by atoms with van der Waals surface area (Å²) in [4.78, 5) is 0. The zero-order valence-electron chi connectivity index (χ0n) is 14.1.